The summed E-state index contributed by atoms with van der Waals surface area (Å²) in [4.78, 5) is 10.9. The first-order chi connectivity index (χ1) is 7.70. The van der Waals surface area contributed by atoms with E-state index in [1.165, 1.54) is 0 Å². The number of nitrogens with one attached hydrogen (secondary N) is 1. The number of rotatable bonds is 1. The zero-order valence-electron chi connectivity index (χ0n) is 9.72. The molecule has 16 heavy (non-hydrogen) atoms. The van der Waals surface area contributed by atoms with E-state index >= 15 is 0 Å². The van der Waals surface area contributed by atoms with Gasteiger partial charge in [-0.25, -0.2) is 15.8 Å². The predicted octanol–water partition coefficient (Wildman–Crippen LogP) is -0.0736. The van der Waals surface area contributed by atoms with Crippen LogP contribution in [0.3, 0.4) is 0 Å². The lowest BCUT2D eigenvalue weighted by molar-refractivity contribution is 0.318. The van der Waals surface area contributed by atoms with E-state index in [9.17, 15) is 0 Å². The molecule has 0 spiro atoms. The maximum absolute atomic E-state index is 5.50. The van der Waals surface area contributed by atoms with E-state index < -0.39 is 0 Å². The highest BCUT2D eigenvalue weighted by atomic mass is 15.4. The van der Waals surface area contributed by atoms with Crippen LogP contribution >= 0.6 is 0 Å². The summed E-state index contributed by atoms with van der Waals surface area (Å²) in [6.45, 7) is 6.64. The number of hydrogen-bond donors (Lipinski definition) is 2. The average molecular weight is 222 g/mol. The minimum absolute atomic E-state index is 0.229. The summed E-state index contributed by atoms with van der Waals surface area (Å²) in [7, 11) is 0. The normalized spacial score (nSPS) is 16.5. The Kier molecular flexibility index (Phi) is 3.09. The summed E-state index contributed by atoms with van der Waals surface area (Å²) in [5.74, 6) is 7.29. The molecule has 0 aromatic carbocycles. The second-order valence-corrected chi connectivity index (χ2v) is 4.15. The topological polar surface area (TPSA) is 71.5 Å². The minimum atomic E-state index is 0.229. The zero-order chi connectivity index (χ0) is 11.5. The lowest BCUT2D eigenvalue weighted by atomic mass is 10.3. The van der Waals surface area contributed by atoms with E-state index in [-0.39, 0.29) is 6.04 Å². The van der Waals surface area contributed by atoms with Crippen molar-refractivity contribution in [2.45, 2.75) is 33.0 Å². The molecule has 2 heterocycles. The number of guanidine groups is 1. The lowest BCUT2D eigenvalue weighted by Gasteiger charge is -2.30. The summed E-state index contributed by atoms with van der Waals surface area (Å²) >= 11 is 0. The van der Waals surface area contributed by atoms with Gasteiger partial charge in [0.1, 0.15) is 5.82 Å². The van der Waals surface area contributed by atoms with Gasteiger partial charge in [0.05, 0.1) is 6.54 Å². The highest BCUT2D eigenvalue weighted by Crippen LogP contribution is 2.10. The van der Waals surface area contributed by atoms with E-state index in [0.29, 0.717) is 0 Å². The third-order valence-corrected chi connectivity index (χ3v) is 2.55. The molecule has 1 aromatic rings. The van der Waals surface area contributed by atoms with Gasteiger partial charge in [0.25, 0.3) is 0 Å². The van der Waals surface area contributed by atoms with Crippen LogP contribution in [0, 0.1) is 0 Å². The predicted molar refractivity (Wildman–Crippen MR) is 62.5 cm³/mol. The van der Waals surface area contributed by atoms with E-state index in [2.05, 4.69) is 24.9 Å². The Morgan fingerprint density at radius 2 is 2.38 bits per heavy atom. The summed E-state index contributed by atoms with van der Waals surface area (Å²) in [5.41, 5.74) is 2.66. The van der Waals surface area contributed by atoms with Crippen LogP contribution in [0.5, 0.6) is 0 Å². The molecule has 88 valence electrons. The first-order valence-corrected chi connectivity index (χ1v) is 5.50. The Morgan fingerprint density at radius 1 is 1.56 bits per heavy atom. The van der Waals surface area contributed by atoms with Crippen molar-refractivity contribution in [2.75, 3.05) is 6.54 Å². The van der Waals surface area contributed by atoms with Gasteiger partial charge in [-0.15, -0.1) is 0 Å². The molecule has 0 saturated heterocycles. The second-order valence-electron chi connectivity index (χ2n) is 4.15. The van der Waals surface area contributed by atoms with Crippen LogP contribution in [0.2, 0.25) is 0 Å². The molecule has 1 aromatic heterocycles. The third-order valence-electron chi connectivity index (χ3n) is 2.55. The summed E-state index contributed by atoms with van der Waals surface area (Å²) < 4.78 is 2.15. The van der Waals surface area contributed by atoms with Gasteiger partial charge in [-0.3, -0.25) is 5.43 Å². The fourth-order valence-corrected chi connectivity index (χ4v) is 1.81. The SMILES string of the molecule is CC(C)N=C(NN)N1CCn2ccnc2C1. The van der Waals surface area contributed by atoms with E-state index in [4.69, 9.17) is 5.84 Å². The molecule has 0 atom stereocenters. The van der Waals surface area contributed by atoms with Crippen molar-refractivity contribution in [2.24, 2.45) is 10.8 Å². The van der Waals surface area contributed by atoms with Gasteiger partial charge in [0.15, 0.2) is 0 Å². The number of aliphatic imine (C=N–C) groups is 1. The maximum Gasteiger partial charge on any atom is 0.209 e. The van der Waals surface area contributed by atoms with Crippen molar-refractivity contribution in [3.63, 3.8) is 0 Å². The van der Waals surface area contributed by atoms with Crippen LogP contribution in [0.1, 0.15) is 19.7 Å². The summed E-state index contributed by atoms with van der Waals surface area (Å²) in [6.07, 6.45) is 3.83. The van der Waals surface area contributed by atoms with Crippen LogP contribution in [-0.4, -0.2) is 33.0 Å². The van der Waals surface area contributed by atoms with Gasteiger partial charge in [0.2, 0.25) is 5.96 Å². The van der Waals surface area contributed by atoms with Crippen LogP contribution in [-0.2, 0) is 13.1 Å². The molecule has 1 aliphatic heterocycles. The Bertz CT molecular complexity index is 380. The third kappa shape index (κ3) is 2.16. The summed E-state index contributed by atoms with van der Waals surface area (Å²) in [6, 6.07) is 0.229. The minimum Gasteiger partial charge on any atom is -0.333 e. The average Bonchev–Trinajstić information content (AvgIpc) is 2.72. The highest BCUT2D eigenvalue weighted by molar-refractivity contribution is 5.79. The molecule has 0 saturated carbocycles. The molecule has 0 amide bonds. The molecule has 6 heteroatoms. The van der Waals surface area contributed by atoms with Crippen LogP contribution in [0.4, 0.5) is 0 Å². The summed E-state index contributed by atoms with van der Waals surface area (Å²) in [5, 5.41) is 0. The standard InChI is InChI=1S/C10H18N6/c1-8(2)13-10(14-11)16-6-5-15-4-3-12-9(15)7-16/h3-4,8H,5-7,11H2,1-2H3,(H,13,14). The molecular formula is C10H18N6. The van der Waals surface area contributed by atoms with E-state index in [1.54, 1.807) is 0 Å². The molecule has 0 bridgehead atoms. The van der Waals surface area contributed by atoms with Crippen molar-refractivity contribution in [3.05, 3.63) is 18.2 Å². The largest absolute Gasteiger partial charge is 0.333 e. The molecule has 3 N–H and O–H groups in total. The number of hydrogen-bond acceptors (Lipinski definition) is 3. The fraction of sp³-hybridized carbons (Fsp3) is 0.600. The lowest BCUT2D eigenvalue weighted by Crippen LogP contribution is -2.48. The quantitative estimate of drug-likeness (QED) is 0.302. The molecule has 6 nitrogen and oxygen atoms in total. The van der Waals surface area contributed by atoms with Gasteiger partial charge in [-0.2, -0.15) is 0 Å². The van der Waals surface area contributed by atoms with Crippen LogP contribution in [0.15, 0.2) is 17.4 Å². The Balaban J connectivity index is 2.13. The van der Waals surface area contributed by atoms with Crippen molar-refractivity contribution in [1.29, 1.82) is 0 Å². The number of fused-ring (bicyclic) bond motifs is 1. The van der Waals surface area contributed by atoms with Crippen molar-refractivity contribution in [3.8, 4) is 0 Å². The Morgan fingerprint density at radius 3 is 3.06 bits per heavy atom. The zero-order valence-corrected chi connectivity index (χ0v) is 9.72. The first kappa shape index (κ1) is 10.9. The van der Waals surface area contributed by atoms with Gasteiger partial charge >= 0.3 is 0 Å². The van der Waals surface area contributed by atoms with Crippen molar-refractivity contribution in [1.82, 2.24) is 19.9 Å². The molecule has 0 unspecified atom stereocenters. The van der Waals surface area contributed by atoms with E-state index in [1.807, 2.05) is 26.2 Å². The molecule has 2 rings (SSSR count). The Hall–Kier alpha value is -1.56. The van der Waals surface area contributed by atoms with E-state index in [0.717, 1.165) is 31.4 Å². The fourth-order valence-electron chi connectivity index (χ4n) is 1.81. The Labute approximate surface area is 95.1 Å². The van der Waals surface area contributed by atoms with Crippen LogP contribution < -0.4 is 11.3 Å². The van der Waals surface area contributed by atoms with Crippen LogP contribution in [0.25, 0.3) is 0 Å². The monoisotopic (exact) mass is 222 g/mol. The van der Waals surface area contributed by atoms with Gasteiger partial charge < -0.3 is 9.47 Å². The first-order valence-electron chi connectivity index (χ1n) is 5.50. The highest BCUT2D eigenvalue weighted by Gasteiger charge is 2.19. The molecule has 0 aliphatic carbocycles. The van der Waals surface area contributed by atoms with Gasteiger partial charge in [0, 0.05) is 31.5 Å². The van der Waals surface area contributed by atoms with Gasteiger partial charge in [-0.1, -0.05) is 0 Å². The van der Waals surface area contributed by atoms with Gasteiger partial charge in [-0.05, 0) is 13.8 Å². The molecular weight excluding hydrogens is 204 g/mol. The number of nitrogens with zero attached hydrogens (tertiary/aromatic N) is 4. The number of hydrazine groups is 1. The second kappa shape index (κ2) is 4.52. The smallest absolute Gasteiger partial charge is 0.209 e. The maximum atomic E-state index is 5.50. The molecule has 1 aliphatic rings. The number of aromatic nitrogens is 2. The van der Waals surface area contributed by atoms with Crippen molar-refractivity contribution >= 4 is 5.96 Å². The molecule has 0 radical (unpaired) electrons. The number of nitrogens with two attached hydrogens (primary N) is 1. The molecule has 0 fully saturated rings. The number of imidazole rings is 1. The van der Waals surface area contributed by atoms with Crippen molar-refractivity contribution < 1.29 is 0 Å².